The van der Waals surface area contributed by atoms with Crippen molar-refractivity contribution in [2.24, 2.45) is 5.92 Å². The third-order valence-corrected chi connectivity index (χ3v) is 5.98. The summed E-state index contributed by atoms with van der Waals surface area (Å²) in [5.41, 5.74) is 1.45. The van der Waals surface area contributed by atoms with Gasteiger partial charge in [-0.1, -0.05) is 31.2 Å². The number of hydrogen-bond acceptors (Lipinski definition) is 3. The molecule has 0 saturated carbocycles. The molecule has 1 heterocycles. The lowest BCUT2D eigenvalue weighted by Crippen LogP contribution is -2.53. The first-order valence-corrected chi connectivity index (χ1v) is 11.3. The van der Waals surface area contributed by atoms with Crippen LogP contribution >= 0.6 is 11.6 Å². The van der Waals surface area contributed by atoms with Crippen LogP contribution in [0.25, 0.3) is 12.8 Å². The van der Waals surface area contributed by atoms with Crippen molar-refractivity contribution in [1.29, 1.82) is 0 Å². The van der Waals surface area contributed by atoms with E-state index < -0.39 is 18.6 Å². The number of amides is 2. The molecule has 0 aliphatic carbocycles. The van der Waals surface area contributed by atoms with Crippen LogP contribution in [0.1, 0.15) is 33.2 Å². The fourth-order valence-electron chi connectivity index (χ4n) is 4.05. The van der Waals surface area contributed by atoms with Gasteiger partial charge >= 0.3 is 6.18 Å². The Balaban J connectivity index is 1.68. The number of rotatable bonds is 7. The van der Waals surface area contributed by atoms with Gasteiger partial charge in [-0.05, 0) is 47.5 Å². The number of hydrogen-bond donors (Lipinski definition) is 1. The van der Waals surface area contributed by atoms with E-state index in [1.807, 2.05) is 30.4 Å². The Labute approximate surface area is 201 Å². The third kappa shape index (κ3) is 6.32. The van der Waals surface area contributed by atoms with Crippen molar-refractivity contribution in [3.05, 3.63) is 68.5 Å². The van der Waals surface area contributed by atoms with Gasteiger partial charge in [-0.3, -0.25) is 9.59 Å². The van der Waals surface area contributed by atoms with Crippen LogP contribution in [0.5, 0.6) is 0 Å². The summed E-state index contributed by atoms with van der Waals surface area (Å²) in [6.45, 7) is 6.41. The van der Waals surface area contributed by atoms with E-state index in [4.69, 9.17) is 11.6 Å². The largest absolute Gasteiger partial charge is 0.405 e. The van der Waals surface area contributed by atoms with Crippen molar-refractivity contribution in [2.45, 2.75) is 19.5 Å². The van der Waals surface area contributed by atoms with Gasteiger partial charge in [0, 0.05) is 60.2 Å². The summed E-state index contributed by atoms with van der Waals surface area (Å²) >= 11 is 5.88. The smallest absolute Gasteiger partial charge is 0.380 e. The predicted octanol–water partition coefficient (Wildman–Crippen LogP) is 3.05. The zero-order chi connectivity index (χ0) is 25.0. The van der Waals surface area contributed by atoms with Crippen LogP contribution in [0.2, 0.25) is 5.02 Å². The summed E-state index contributed by atoms with van der Waals surface area (Å²) in [6.07, 6.45) is -2.15. The average molecular weight is 494 g/mol. The molecule has 1 aliphatic heterocycles. The summed E-state index contributed by atoms with van der Waals surface area (Å²) in [6, 6.07) is 9.94. The summed E-state index contributed by atoms with van der Waals surface area (Å²) < 4.78 is 37.5. The Morgan fingerprint density at radius 3 is 2.44 bits per heavy atom. The number of halogens is 4. The highest BCUT2D eigenvalue weighted by molar-refractivity contribution is 6.30. The summed E-state index contributed by atoms with van der Waals surface area (Å²) in [5, 5.41) is 3.92. The molecule has 0 bridgehead atoms. The second-order valence-electron chi connectivity index (χ2n) is 8.47. The van der Waals surface area contributed by atoms with Gasteiger partial charge in [0.15, 0.2) is 0 Å². The van der Waals surface area contributed by atoms with Crippen molar-refractivity contribution >= 4 is 36.2 Å². The van der Waals surface area contributed by atoms with E-state index in [-0.39, 0.29) is 17.4 Å². The Kier molecular flexibility index (Phi) is 7.92. The molecule has 182 valence electrons. The van der Waals surface area contributed by atoms with E-state index in [0.717, 1.165) is 5.22 Å². The number of likely N-dealkylation sites (tertiary alicyclic amines) is 1. The maximum absolute atomic E-state index is 12.6. The molecule has 1 aliphatic rings. The monoisotopic (exact) mass is 493 g/mol. The lowest BCUT2D eigenvalue weighted by molar-refractivity contribution is -0.123. The quantitative estimate of drug-likeness (QED) is 0.645. The molecule has 1 fully saturated rings. The molecule has 0 radical (unpaired) electrons. The van der Waals surface area contributed by atoms with Gasteiger partial charge in [0.05, 0.1) is 0 Å². The summed E-state index contributed by atoms with van der Waals surface area (Å²) in [4.78, 5) is 28.7. The van der Waals surface area contributed by atoms with E-state index in [1.165, 1.54) is 6.07 Å². The second kappa shape index (κ2) is 10.5. The van der Waals surface area contributed by atoms with Gasteiger partial charge < -0.3 is 15.1 Å². The number of benzene rings is 2. The Bertz CT molecular complexity index is 1160. The van der Waals surface area contributed by atoms with Gasteiger partial charge in [-0.2, -0.15) is 13.2 Å². The fraction of sp³-hybridized carbons (Fsp3) is 0.360. The molecule has 0 aromatic heterocycles. The van der Waals surface area contributed by atoms with E-state index >= 15 is 0 Å². The number of nitrogens with one attached hydrogen (secondary N) is 1. The second-order valence-corrected chi connectivity index (χ2v) is 8.90. The first-order chi connectivity index (χ1) is 16.0. The first-order valence-electron chi connectivity index (χ1n) is 10.9. The molecule has 9 heteroatoms. The van der Waals surface area contributed by atoms with Crippen molar-refractivity contribution in [3.8, 4) is 0 Å². The van der Waals surface area contributed by atoms with Crippen LogP contribution in [0.15, 0.2) is 36.4 Å². The van der Waals surface area contributed by atoms with E-state index in [1.54, 1.807) is 35.2 Å². The topological polar surface area (TPSA) is 52.7 Å². The lowest BCUT2D eigenvalue weighted by atomic mass is 9.97. The minimum atomic E-state index is -4.48. The standard InChI is InChI=1S/C25H27ClF3N3O2/c1-4-20-21(23(33)30-15-25(27,28)29)10-5-16(2)22(20)14-31(3)11-17-12-32(13-17)24(34)18-6-8-19(26)9-7-18/h5-10,14,17H,2,4,11-13,15H2,1,3H3,(H,30,33)/b22-14+. The molecule has 5 nitrogen and oxygen atoms in total. The summed E-state index contributed by atoms with van der Waals surface area (Å²) in [7, 11) is 1.89. The van der Waals surface area contributed by atoms with Crippen LogP contribution in [-0.4, -0.2) is 61.0 Å². The third-order valence-electron chi connectivity index (χ3n) is 5.73. The van der Waals surface area contributed by atoms with Crippen molar-refractivity contribution in [2.75, 3.05) is 33.2 Å². The van der Waals surface area contributed by atoms with Gasteiger partial charge in [0.2, 0.25) is 0 Å². The first kappa shape index (κ1) is 25.6. The van der Waals surface area contributed by atoms with Crippen LogP contribution in [0.3, 0.4) is 0 Å². The van der Waals surface area contributed by atoms with Gasteiger partial charge in [-0.25, -0.2) is 0 Å². The normalized spacial score (nSPS) is 14.6. The van der Waals surface area contributed by atoms with Crippen LogP contribution < -0.4 is 15.8 Å². The molecule has 2 aromatic carbocycles. The average Bonchev–Trinajstić information content (AvgIpc) is 2.75. The van der Waals surface area contributed by atoms with Crippen LogP contribution in [0.4, 0.5) is 13.2 Å². The van der Waals surface area contributed by atoms with Gasteiger partial charge in [0.1, 0.15) is 6.54 Å². The molecule has 1 N–H and O–H groups in total. The van der Waals surface area contributed by atoms with E-state index in [0.29, 0.717) is 47.4 Å². The molecule has 34 heavy (non-hydrogen) atoms. The van der Waals surface area contributed by atoms with Crippen LogP contribution in [-0.2, 0) is 6.42 Å². The predicted molar refractivity (Wildman–Crippen MR) is 127 cm³/mol. The minimum absolute atomic E-state index is 0.0366. The van der Waals surface area contributed by atoms with Crippen LogP contribution in [0, 0.1) is 5.92 Å². The molecule has 0 unspecified atom stereocenters. The number of nitrogens with zero attached hydrogens (tertiary/aromatic N) is 2. The minimum Gasteiger partial charge on any atom is -0.380 e. The maximum Gasteiger partial charge on any atom is 0.405 e. The number of alkyl halides is 3. The highest BCUT2D eigenvalue weighted by Crippen LogP contribution is 2.20. The summed E-state index contributed by atoms with van der Waals surface area (Å²) in [5.74, 6) is -0.527. The molecular weight excluding hydrogens is 467 g/mol. The number of carbonyl (C=O) groups is 2. The van der Waals surface area contributed by atoms with Gasteiger partial charge in [0.25, 0.3) is 11.8 Å². The fourth-order valence-corrected chi connectivity index (χ4v) is 4.18. The van der Waals surface area contributed by atoms with Gasteiger partial charge in [-0.15, -0.1) is 0 Å². The van der Waals surface area contributed by atoms with E-state index in [2.05, 4.69) is 6.58 Å². The molecular formula is C25H27ClF3N3O2. The molecule has 2 amide bonds. The zero-order valence-electron chi connectivity index (χ0n) is 19.1. The zero-order valence-corrected chi connectivity index (χ0v) is 19.8. The Morgan fingerprint density at radius 1 is 1.21 bits per heavy atom. The lowest BCUT2D eigenvalue weighted by Gasteiger charge is -2.41. The molecule has 1 saturated heterocycles. The SMILES string of the molecule is C=c1ccc(C(=O)NCC(F)(F)F)c(CC)/c1=C/N(C)CC1CN(C(=O)c2ccc(Cl)cc2)C1. The molecule has 0 atom stereocenters. The number of carbonyl (C=O) groups excluding carboxylic acids is 2. The molecule has 3 rings (SSSR count). The van der Waals surface area contributed by atoms with Crippen molar-refractivity contribution in [1.82, 2.24) is 15.1 Å². The van der Waals surface area contributed by atoms with E-state index in [9.17, 15) is 22.8 Å². The highest BCUT2D eigenvalue weighted by Gasteiger charge is 2.31. The Hall–Kier alpha value is -3.00. The highest BCUT2D eigenvalue weighted by atomic mass is 35.5. The Morgan fingerprint density at radius 2 is 1.85 bits per heavy atom. The van der Waals surface area contributed by atoms with Crippen molar-refractivity contribution in [3.63, 3.8) is 0 Å². The van der Waals surface area contributed by atoms with Crippen molar-refractivity contribution < 1.29 is 22.8 Å². The molecule has 0 spiro atoms. The molecule has 2 aromatic rings. The maximum atomic E-state index is 12.6.